The van der Waals surface area contributed by atoms with E-state index in [-0.39, 0.29) is 24.7 Å². The number of carbonyl (C=O) groups is 1. The number of carbonyl (C=O) groups excluding carboxylic acids is 1. The number of hydrogen-bond acceptors (Lipinski definition) is 6. The molecule has 152 valence electrons. The average Bonchev–Trinajstić information content (AvgIpc) is 3.19. The lowest BCUT2D eigenvalue weighted by atomic mass is 9.98. The summed E-state index contributed by atoms with van der Waals surface area (Å²) in [5.41, 5.74) is 2.49. The molecule has 0 amide bonds. The Labute approximate surface area is 172 Å². The molecule has 0 aliphatic carbocycles. The summed E-state index contributed by atoms with van der Waals surface area (Å²) < 4.78 is 36.5. The van der Waals surface area contributed by atoms with Crippen molar-refractivity contribution in [3.05, 3.63) is 76.6 Å². The fraction of sp³-hybridized carbons (Fsp3) is 0.174. The maximum atomic E-state index is 14.8. The quantitative estimate of drug-likeness (QED) is 0.696. The van der Waals surface area contributed by atoms with Crippen molar-refractivity contribution in [1.29, 1.82) is 0 Å². The molecule has 0 atom stereocenters. The molecule has 30 heavy (non-hydrogen) atoms. The molecule has 0 unspecified atom stereocenters. The third kappa shape index (κ3) is 3.18. The maximum Gasteiger partial charge on any atom is 0.231 e. The molecule has 0 fully saturated rings. The van der Waals surface area contributed by atoms with Crippen molar-refractivity contribution in [2.45, 2.75) is 13.2 Å². The minimum Gasteiger partial charge on any atom is -0.497 e. The van der Waals surface area contributed by atoms with E-state index < -0.39 is 5.82 Å². The number of halogens is 1. The number of hydrogen-bond donors (Lipinski definition) is 1. The van der Waals surface area contributed by atoms with Crippen molar-refractivity contribution in [1.82, 2.24) is 0 Å². The van der Waals surface area contributed by atoms with Gasteiger partial charge in [-0.05, 0) is 35.9 Å². The van der Waals surface area contributed by atoms with Gasteiger partial charge in [-0.15, -0.1) is 0 Å². The van der Waals surface area contributed by atoms with E-state index in [0.717, 1.165) is 11.3 Å². The van der Waals surface area contributed by atoms with E-state index in [2.05, 4.69) is 5.32 Å². The zero-order valence-electron chi connectivity index (χ0n) is 16.2. The van der Waals surface area contributed by atoms with E-state index in [9.17, 15) is 9.18 Å². The van der Waals surface area contributed by atoms with E-state index in [1.807, 2.05) is 24.3 Å². The first-order valence-corrected chi connectivity index (χ1v) is 9.43. The summed E-state index contributed by atoms with van der Waals surface area (Å²) in [5.74, 6) is 1.35. The molecule has 0 aromatic heterocycles. The first-order chi connectivity index (χ1) is 14.6. The molecule has 2 aliphatic rings. The topological polar surface area (TPSA) is 66.0 Å². The Balaban J connectivity index is 1.42. The second kappa shape index (κ2) is 7.26. The molecule has 2 heterocycles. The summed E-state index contributed by atoms with van der Waals surface area (Å²) in [6.07, 6.45) is 0. The van der Waals surface area contributed by atoms with Crippen LogP contribution in [0.15, 0.2) is 48.5 Å². The normalized spacial score (nSPS) is 13.7. The predicted molar refractivity (Wildman–Crippen MR) is 107 cm³/mol. The Kier molecular flexibility index (Phi) is 4.43. The van der Waals surface area contributed by atoms with Crippen LogP contribution in [0.5, 0.6) is 23.0 Å². The monoisotopic (exact) mass is 407 g/mol. The highest BCUT2D eigenvalue weighted by Crippen LogP contribution is 2.41. The van der Waals surface area contributed by atoms with Crippen molar-refractivity contribution < 1.29 is 28.1 Å². The van der Waals surface area contributed by atoms with Gasteiger partial charge >= 0.3 is 0 Å². The number of rotatable bonds is 4. The van der Waals surface area contributed by atoms with Gasteiger partial charge in [0.25, 0.3) is 0 Å². The van der Waals surface area contributed by atoms with Gasteiger partial charge in [-0.3, -0.25) is 4.79 Å². The van der Waals surface area contributed by atoms with Crippen LogP contribution in [0, 0.1) is 5.82 Å². The molecule has 0 saturated heterocycles. The molecule has 0 saturated carbocycles. The molecule has 0 spiro atoms. The molecule has 0 radical (unpaired) electrons. The number of methoxy groups -OCH3 is 1. The van der Waals surface area contributed by atoms with E-state index in [0.29, 0.717) is 40.6 Å². The molecule has 3 aromatic rings. The van der Waals surface area contributed by atoms with E-state index in [4.69, 9.17) is 18.9 Å². The lowest BCUT2D eigenvalue weighted by Crippen LogP contribution is -2.08. The van der Waals surface area contributed by atoms with Crippen LogP contribution in [-0.2, 0) is 13.2 Å². The van der Waals surface area contributed by atoms with Gasteiger partial charge in [-0.1, -0.05) is 12.1 Å². The summed E-state index contributed by atoms with van der Waals surface area (Å²) in [6, 6.07) is 13.6. The highest BCUT2D eigenvalue weighted by atomic mass is 19.1. The van der Waals surface area contributed by atoms with E-state index >= 15 is 0 Å². The minimum absolute atomic E-state index is 0.0981. The van der Waals surface area contributed by atoms with Crippen molar-refractivity contribution in [3.8, 4) is 23.0 Å². The van der Waals surface area contributed by atoms with Gasteiger partial charge in [0.2, 0.25) is 6.79 Å². The number of fused-ring (bicyclic) bond motifs is 3. The predicted octanol–water partition coefficient (Wildman–Crippen LogP) is 4.30. The molecule has 2 aliphatic heterocycles. The zero-order valence-corrected chi connectivity index (χ0v) is 16.2. The van der Waals surface area contributed by atoms with Crippen molar-refractivity contribution in [2.24, 2.45) is 0 Å². The van der Waals surface area contributed by atoms with Crippen LogP contribution in [0.2, 0.25) is 0 Å². The van der Waals surface area contributed by atoms with Gasteiger partial charge in [0, 0.05) is 23.7 Å². The first-order valence-electron chi connectivity index (χ1n) is 9.43. The highest BCUT2D eigenvalue weighted by molar-refractivity contribution is 6.12. The molecular weight excluding hydrogens is 389 g/mol. The molecule has 3 aromatic carbocycles. The van der Waals surface area contributed by atoms with Gasteiger partial charge in [0.1, 0.15) is 23.9 Å². The smallest absolute Gasteiger partial charge is 0.231 e. The Morgan fingerprint density at radius 3 is 2.50 bits per heavy atom. The second-order valence-electron chi connectivity index (χ2n) is 7.01. The van der Waals surface area contributed by atoms with Gasteiger partial charge in [0.15, 0.2) is 17.3 Å². The molecule has 5 rings (SSSR count). The minimum atomic E-state index is -0.500. The molecule has 7 heteroatoms. The molecular formula is C23H18FNO5. The number of anilines is 1. The SMILES string of the molecule is COc1ccc(CNc2cc3c(cc2F)C(=O)c2cc4c(cc2OC3)OCO4)cc1. The summed E-state index contributed by atoms with van der Waals surface area (Å²) in [4.78, 5) is 13.1. The van der Waals surface area contributed by atoms with E-state index in [1.165, 1.54) is 6.07 Å². The van der Waals surface area contributed by atoms with Crippen LogP contribution in [-0.4, -0.2) is 19.7 Å². The van der Waals surface area contributed by atoms with E-state index in [1.54, 1.807) is 25.3 Å². The third-order valence-electron chi connectivity index (χ3n) is 5.18. The van der Waals surface area contributed by atoms with Crippen LogP contribution in [0.1, 0.15) is 27.0 Å². The van der Waals surface area contributed by atoms with Gasteiger partial charge in [-0.25, -0.2) is 4.39 Å². The molecule has 0 bridgehead atoms. The standard InChI is InChI=1S/C23H18FNO5/c1-27-15-4-2-13(3-5-15)10-25-19-6-14-11-28-20-9-22-21(29-12-30-22)8-17(20)23(26)16(14)7-18(19)24/h2-9,25H,10-12H2,1H3. The van der Waals surface area contributed by atoms with Gasteiger partial charge < -0.3 is 24.3 Å². The van der Waals surface area contributed by atoms with Gasteiger partial charge in [-0.2, -0.15) is 0 Å². The molecule has 6 nitrogen and oxygen atoms in total. The molecule has 1 N–H and O–H groups in total. The maximum absolute atomic E-state index is 14.8. The fourth-order valence-electron chi connectivity index (χ4n) is 3.55. The lowest BCUT2D eigenvalue weighted by Gasteiger charge is -2.12. The lowest BCUT2D eigenvalue weighted by molar-refractivity contribution is 0.103. The van der Waals surface area contributed by atoms with Crippen LogP contribution < -0.4 is 24.3 Å². The highest BCUT2D eigenvalue weighted by Gasteiger charge is 2.28. The Morgan fingerprint density at radius 2 is 1.73 bits per heavy atom. The van der Waals surface area contributed by atoms with Crippen LogP contribution in [0.4, 0.5) is 10.1 Å². The van der Waals surface area contributed by atoms with Crippen molar-refractivity contribution in [3.63, 3.8) is 0 Å². The average molecular weight is 407 g/mol. The third-order valence-corrected chi connectivity index (χ3v) is 5.18. The number of ketones is 1. The second-order valence-corrected chi connectivity index (χ2v) is 7.01. The Hall–Kier alpha value is -3.74. The van der Waals surface area contributed by atoms with Crippen molar-refractivity contribution in [2.75, 3.05) is 19.2 Å². The number of benzene rings is 3. The largest absolute Gasteiger partial charge is 0.497 e. The van der Waals surface area contributed by atoms with Crippen LogP contribution >= 0.6 is 0 Å². The Bertz CT molecular complexity index is 1140. The van der Waals surface area contributed by atoms with Crippen molar-refractivity contribution >= 4 is 11.5 Å². The van der Waals surface area contributed by atoms with Crippen LogP contribution in [0.3, 0.4) is 0 Å². The summed E-state index contributed by atoms with van der Waals surface area (Å²) in [7, 11) is 1.60. The summed E-state index contributed by atoms with van der Waals surface area (Å²) in [6.45, 7) is 0.669. The summed E-state index contributed by atoms with van der Waals surface area (Å²) >= 11 is 0. The van der Waals surface area contributed by atoms with Gasteiger partial charge in [0.05, 0.1) is 18.4 Å². The fourth-order valence-corrected chi connectivity index (χ4v) is 3.55. The Morgan fingerprint density at radius 1 is 0.967 bits per heavy atom. The first kappa shape index (κ1) is 18.3. The number of ether oxygens (including phenoxy) is 4. The number of nitrogens with one attached hydrogen (secondary N) is 1. The van der Waals surface area contributed by atoms with Crippen LogP contribution in [0.25, 0.3) is 0 Å². The zero-order chi connectivity index (χ0) is 20.7. The summed E-state index contributed by atoms with van der Waals surface area (Å²) in [5, 5.41) is 3.09.